The zero-order chi connectivity index (χ0) is 21.2. The molecule has 29 heavy (non-hydrogen) atoms. The predicted octanol–water partition coefficient (Wildman–Crippen LogP) is 1.01. The lowest BCUT2D eigenvalue weighted by Gasteiger charge is -2.25. The normalized spacial score (nSPS) is 20.1. The van der Waals surface area contributed by atoms with Crippen LogP contribution in [0, 0.1) is 0 Å². The molecule has 1 fully saturated rings. The highest BCUT2D eigenvalue weighted by molar-refractivity contribution is 6.07. The molecule has 1 saturated heterocycles. The molecule has 0 unspecified atom stereocenters. The number of amides is 4. The van der Waals surface area contributed by atoms with Crippen molar-refractivity contribution in [3.63, 3.8) is 0 Å². The summed E-state index contributed by atoms with van der Waals surface area (Å²) in [6, 6.07) is 7.09. The fourth-order valence-electron chi connectivity index (χ4n) is 3.05. The zero-order valence-corrected chi connectivity index (χ0v) is 16.9. The van der Waals surface area contributed by atoms with E-state index in [1.165, 1.54) is 6.33 Å². The molecule has 10 nitrogen and oxygen atoms in total. The molecule has 154 valence electrons. The Morgan fingerprint density at radius 3 is 2.55 bits per heavy atom. The van der Waals surface area contributed by atoms with Gasteiger partial charge in [-0.3, -0.25) is 19.9 Å². The van der Waals surface area contributed by atoms with E-state index in [-0.39, 0.29) is 12.6 Å². The van der Waals surface area contributed by atoms with E-state index in [1.807, 2.05) is 36.1 Å². The first-order valence-electron chi connectivity index (χ1n) is 9.36. The van der Waals surface area contributed by atoms with Crippen LogP contribution in [-0.4, -0.2) is 61.7 Å². The Morgan fingerprint density at radius 1 is 1.31 bits per heavy atom. The molecule has 2 N–H and O–H groups in total. The van der Waals surface area contributed by atoms with Gasteiger partial charge in [0.1, 0.15) is 18.2 Å². The second kappa shape index (κ2) is 8.00. The molecular formula is C19H25N7O3. The van der Waals surface area contributed by atoms with Crippen LogP contribution in [0.1, 0.15) is 38.8 Å². The molecule has 0 aliphatic carbocycles. The van der Waals surface area contributed by atoms with E-state index in [1.54, 1.807) is 31.9 Å². The van der Waals surface area contributed by atoms with E-state index in [9.17, 15) is 14.4 Å². The average Bonchev–Trinajstić information content (AvgIpc) is 3.31. The van der Waals surface area contributed by atoms with Crippen molar-refractivity contribution in [3.05, 3.63) is 42.5 Å². The summed E-state index contributed by atoms with van der Waals surface area (Å²) in [4.78, 5) is 42.6. The van der Waals surface area contributed by atoms with Gasteiger partial charge in [0.05, 0.1) is 12.2 Å². The summed E-state index contributed by atoms with van der Waals surface area (Å²) in [5.74, 6) is -0.903. The predicted molar refractivity (Wildman–Crippen MR) is 105 cm³/mol. The number of urea groups is 1. The number of carbonyl (C=O) groups excluding carboxylic acids is 3. The van der Waals surface area contributed by atoms with Gasteiger partial charge in [-0.05, 0) is 45.0 Å². The van der Waals surface area contributed by atoms with Crippen molar-refractivity contribution in [1.82, 2.24) is 35.4 Å². The lowest BCUT2D eigenvalue weighted by atomic mass is 10.00. The number of benzene rings is 1. The number of hydrogen-bond acceptors (Lipinski definition) is 6. The number of hydrazine groups is 1. The second-order valence-corrected chi connectivity index (χ2v) is 7.31. The summed E-state index contributed by atoms with van der Waals surface area (Å²) in [7, 11) is 1.80. The second-order valence-electron chi connectivity index (χ2n) is 7.31. The third-order valence-corrected chi connectivity index (χ3v) is 5.32. The van der Waals surface area contributed by atoms with E-state index >= 15 is 0 Å². The summed E-state index contributed by atoms with van der Waals surface area (Å²) < 4.78 is 1.66. The smallest absolute Gasteiger partial charge is 0.322 e. The third-order valence-electron chi connectivity index (χ3n) is 5.32. The Bertz CT molecular complexity index is 897. The highest BCUT2D eigenvalue weighted by Crippen LogP contribution is 2.21. The minimum absolute atomic E-state index is 0.0197. The molecule has 0 saturated carbocycles. The lowest BCUT2D eigenvalue weighted by molar-refractivity contribution is -0.139. The molecule has 2 heterocycles. The first-order chi connectivity index (χ1) is 13.7. The number of imide groups is 1. The van der Waals surface area contributed by atoms with E-state index in [0.717, 1.165) is 16.3 Å². The molecule has 0 radical (unpaired) electrons. The van der Waals surface area contributed by atoms with Crippen LogP contribution >= 0.6 is 0 Å². The highest BCUT2D eigenvalue weighted by Gasteiger charge is 2.47. The summed E-state index contributed by atoms with van der Waals surface area (Å²) in [6.07, 6.45) is 3.52. The van der Waals surface area contributed by atoms with E-state index in [4.69, 9.17) is 0 Å². The quantitative estimate of drug-likeness (QED) is 0.672. The van der Waals surface area contributed by atoms with Gasteiger partial charge < -0.3 is 5.32 Å². The fourth-order valence-corrected chi connectivity index (χ4v) is 3.05. The Hall–Kier alpha value is -3.27. The largest absolute Gasteiger partial charge is 0.344 e. The number of hydrogen-bond donors (Lipinski definition) is 2. The van der Waals surface area contributed by atoms with Crippen molar-refractivity contribution in [1.29, 1.82) is 0 Å². The van der Waals surface area contributed by atoms with Crippen LogP contribution in [0.5, 0.6) is 0 Å². The van der Waals surface area contributed by atoms with Crippen molar-refractivity contribution in [2.24, 2.45) is 0 Å². The van der Waals surface area contributed by atoms with Gasteiger partial charge in [0, 0.05) is 6.04 Å². The van der Waals surface area contributed by atoms with Crippen molar-refractivity contribution in [2.45, 2.75) is 38.8 Å². The Labute approximate surface area is 168 Å². The first-order valence-corrected chi connectivity index (χ1v) is 9.36. The molecule has 1 aliphatic heterocycles. The molecule has 10 heteroatoms. The van der Waals surface area contributed by atoms with Crippen molar-refractivity contribution in [2.75, 3.05) is 13.6 Å². The van der Waals surface area contributed by atoms with E-state index in [2.05, 4.69) is 20.8 Å². The SMILES string of the molecule is CC[C@]1(C)NC(=O)N(NC(=O)CN(C)[C@H](C)c2ccc(-n3cncn3)cc2)C1=O. The van der Waals surface area contributed by atoms with Crippen LogP contribution in [0.15, 0.2) is 36.9 Å². The number of nitrogens with zero attached hydrogens (tertiary/aromatic N) is 5. The molecule has 0 spiro atoms. The molecule has 4 amide bonds. The number of aromatic nitrogens is 3. The van der Waals surface area contributed by atoms with Gasteiger partial charge in [0.25, 0.3) is 11.8 Å². The maximum absolute atomic E-state index is 12.4. The van der Waals surface area contributed by atoms with Crippen molar-refractivity contribution < 1.29 is 14.4 Å². The summed E-state index contributed by atoms with van der Waals surface area (Å²) in [6.45, 7) is 5.43. The van der Waals surface area contributed by atoms with Crippen molar-refractivity contribution in [3.8, 4) is 5.69 Å². The van der Waals surface area contributed by atoms with Gasteiger partial charge in [-0.15, -0.1) is 0 Å². The summed E-state index contributed by atoms with van der Waals surface area (Å²) >= 11 is 0. The summed E-state index contributed by atoms with van der Waals surface area (Å²) in [5, 5.41) is 7.45. The first kappa shape index (κ1) is 20.5. The number of rotatable bonds is 7. The van der Waals surface area contributed by atoms with Crippen molar-refractivity contribution >= 4 is 17.8 Å². The Kier molecular flexibility index (Phi) is 5.64. The van der Waals surface area contributed by atoms with Crippen LogP contribution in [0.3, 0.4) is 0 Å². The maximum Gasteiger partial charge on any atom is 0.344 e. The van der Waals surface area contributed by atoms with Gasteiger partial charge in [0.2, 0.25) is 0 Å². The molecule has 3 rings (SSSR count). The monoisotopic (exact) mass is 399 g/mol. The number of nitrogens with one attached hydrogen (secondary N) is 2. The number of carbonyl (C=O) groups is 3. The van der Waals surface area contributed by atoms with E-state index < -0.39 is 23.4 Å². The van der Waals surface area contributed by atoms with Crippen LogP contribution in [0.25, 0.3) is 5.69 Å². The van der Waals surface area contributed by atoms with Crippen LogP contribution in [0.4, 0.5) is 4.79 Å². The summed E-state index contributed by atoms with van der Waals surface area (Å²) in [5.41, 5.74) is 3.31. The molecule has 2 atom stereocenters. The number of likely N-dealkylation sites (N-methyl/N-ethyl adjacent to an activating group) is 1. The zero-order valence-electron chi connectivity index (χ0n) is 16.9. The fraction of sp³-hybridized carbons (Fsp3) is 0.421. The maximum atomic E-state index is 12.4. The van der Waals surface area contributed by atoms with Crippen LogP contribution < -0.4 is 10.7 Å². The Balaban J connectivity index is 1.59. The standard InChI is InChI=1S/C19H25N7O3/c1-5-19(3)17(28)26(18(29)22-19)23-16(27)10-24(4)13(2)14-6-8-15(9-7-14)25-12-20-11-21-25/h6-9,11-13H,5,10H2,1-4H3,(H,22,29)(H,23,27)/t13-,19+/m1/s1. The highest BCUT2D eigenvalue weighted by atomic mass is 16.2. The molecule has 2 aromatic rings. The van der Waals surface area contributed by atoms with Gasteiger partial charge in [0.15, 0.2) is 0 Å². The average molecular weight is 399 g/mol. The molecule has 1 aliphatic rings. The van der Waals surface area contributed by atoms with Crippen LogP contribution in [-0.2, 0) is 9.59 Å². The lowest BCUT2D eigenvalue weighted by Crippen LogP contribution is -2.51. The topological polar surface area (TPSA) is 112 Å². The molecule has 1 aromatic heterocycles. The van der Waals surface area contributed by atoms with Crippen LogP contribution in [0.2, 0.25) is 0 Å². The van der Waals surface area contributed by atoms with Gasteiger partial charge >= 0.3 is 6.03 Å². The third kappa shape index (κ3) is 4.11. The molecule has 0 bridgehead atoms. The molecule has 1 aromatic carbocycles. The minimum Gasteiger partial charge on any atom is -0.322 e. The van der Waals surface area contributed by atoms with Gasteiger partial charge in [-0.1, -0.05) is 19.1 Å². The molecular weight excluding hydrogens is 374 g/mol. The van der Waals surface area contributed by atoms with Gasteiger partial charge in [-0.25, -0.2) is 14.5 Å². The van der Waals surface area contributed by atoms with Gasteiger partial charge in [-0.2, -0.15) is 10.1 Å². The van der Waals surface area contributed by atoms with E-state index in [0.29, 0.717) is 6.42 Å². The Morgan fingerprint density at radius 2 is 2.00 bits per heavy atom. The minimum atomic E-state index is -0.991.